The first-order valence-electron chi connectivity index (χ1n) is 5.82. The second-order valence-corrected chi connectivity index (χ2v) is 4.83. The number of ether oxygens (including phenoxy) is 2. The molecule has 1 unspecified atom stereocenters. The van der Waals surface area contributed by atoms with E-state index >= 15 is 0 Å². The van der Waals surface area contributed by atoms with E-state index in [4.69, 9.17) is 15.2 Å². The SMILES string of the molecule is COc1ccc2c(c1)OCCC2C1(N)CC1. The highest BCUT2D eigenvalue weighted by Crippen LogP contribution is 2.50. The molecular formula is C13H17NO2. The van der Waals surface area contributed by atoms with Gasteiger partial charge < -0.3 is 15.2 Å². The average molecular weight is 219 g/mol. The Bertz CT molecular complexity index is 412. The fourth-order valence-electron chi connectivity index (χ4n) is 2.59. The lowest BCUT2D eigenvalue weighted by molar-refractivity contribution is 0.249. The van der Waals surface area contributed by atoms with Crippen LogP contribution in [0.5, 0.6) is 11.5 Å². The van der Waals surface area contributed by atoms with Crippen LogP contribution in [0.15, 0.2) is 18.2 Å². The fourth-order valence-corrected chi connectivity index (χ4v) is 2.59. The molecule has 1 saturated carbocycles. The lowest BCUT2D eigenvalue weighted by atomic mass is 9.85. The van der Waals surface area contributed by atoms with Crippen molar-refractivity contribution in [2.75, 3.05) is 13.7 Å². The molecule has 3 rings (SSSR count). The van der Waals surface area contributed by atoms with E-state index in [1.807, 2.05) is 12.1 Å². The van der Waals surface area contributed by atoms with Crippen molar-refractivity contribution >= 4 is 0 Å². The van der Waals surface area contributed by atoms with E-state index in [9.17, 15) is 0 Å². The highest BCUT2D eigenvalue weighted by Gasteiger charge is 2.47. The van der Waals surface area contributed by atoms with E-state index in [0.29, 0.717) is 5.92 Å². The minimum atomic E-state index is 0.0348. The van der Waals surface area contributed by atoms with Gasteiger partial charge in [-0.05, 0) is 30.9 Å². The Balaban J connectivity index is 1.99. The van der Waals surface area contributed by atoms with Crippen LogP contribution >= 0.6 is 0 Å². The van der Waals surface area contributed by atoms with Crippen molar-refractivity contribution in [3.63, 3.8) is 0 Å². The fraction of sp³-hybridized carbons (Fsp3) is 0.538. The predicted octanol–water partition coefficient (Wildman–Crippen LogP) is 2.05. The quantitative estimate of drug-likeness (QED) is 0.828. The molecule has 3 heteroatoms. The van der Waals surface area contributed by atoms with Crippen LogP contribution in [-0.4, -0.2) is 19.3 Å². The number of hydrogen-bond acceptors (Lipinski definition) is 3. The van der Waals surface area contributed by atoms with Crippen LogP contribution in [-0.2, 0) is 0 Å². The summed E-state index contributed by atoms with van der Waals surface area (Å²) in [5.74, 6) is 2.26. The molecule has 1 aliphatic carbocycles. The Morgan fingerprint density at radius 3 is 2.94 bits per heavy atom. The molecule has 0 amide bonds. The molecule has 0 bridgehead atoms. The van der Waals surface area contributed by atoms with Gasteiger partial charge in [0.25, 0.3) is 0 Å². The molecule has 1 aliphatic heterocycles. The topological polar surface area (TPSA) is 44.5 Å². The summed E-state index contributed by atoms with van der Waals surface area (Å²) < 4.78 is 10.9. The third kappa shape index (κ3) is 1.47. The van der Waals surface area contributed by atoms with Gasteiger partial charge in [0.2, 0.25) is 0 Å². The summed E-state index contributed by atoms with van der Waals surface area (Å²) in [5, 5.41) is 0. The van der Waals surface area contributed by atoms with Crippen LogP contribution in [0.1, 0.15) is 30.7 Å². The van der Waals surface area contributed by atoms with E-state index in [1.165, 1.54) is 5.56 Å². The second-order valence-electron chi connectivity index (χ2n) is 4.83. The molecule has 16 heavy (non-hydrogen) atoms. The Labute approximate surface area is 95.5 Å². The molecule has 0 spiro atoms. The minimum Gasteiger partial charge on any atom is -0.497 e. The van der Waals surface area contributed by atoms with E-state index in [-0.39, 0.29) is 5.54 Å². The van der Waals surface area contributed by atoms with Crippen molar-refractivity contribution in [3.8, 4) is 11.5 Å². The summed E-state index contributed by atoms with van der Waals surface area (Å²) in [7, 11) is 1.67. The molecule has 1 atom stereocenters. The Hall–Kier alpha value is -1.22. The van der Waals surface area contributed by atoms with E-state index in [1.54, 1.807) is 7.11 Å². The number of methoxy groups -OCH3 is 1. The van der Waals surface area contributed by atoms with Gasteiger partial charge in [-0.15, -0.1) is 0 Å². The largest absolute Gasteiger partial charge is 0.497 e. The smallest absolute Gasteiger partial charge is 0.126 e. The summed E-state index contributed by atoms with van der Waals surface area (Å²) >= 11 is 0. The summed E-state index contributed by atoms with van der Waals surface area (Å²) in [6.07, 6.45) is 3.32. The van der Waals surface area contributed by atoms with Gasteiger partial charge in [-0.3, -0.25) is 0 Å². The van der Waals surface area contributed by atoms with Crippen LogP contribution in [0.4, 0.5) is 0 Å². The van der Waals surface area contributed by atoms with Gasteiger partial charge in [0.05, 0.1) is 13.7 Å². The highest BCUT2D eigenvalue weighted by atomic mass is 16.5. The van der Waals surface area contributed by atoms with Crippen LogP contribution in [0.25, 0.3) is 0 Å². The maximum absolute atomic E-state index is 6.32. The van der Waals surface area contributed by atoms with Crippen LogP contribution in [0.2, 0.25) is 0 Å². The predicted molar refractivity (Wildman–Crippen MR) is 62.0 cm³/mol. The zero-order valence-corrected chi connectivity index (χ0v) is 9.53. The van der Waals surface area contributed by atoms with Crippen LogP contribution < -0.4 is 15.2 Å². The van der Waals surface area contributed by atoms with Crippen molar-refractivity contribution in [1.29, 1.82) is 0 Å². The molecular weight excluding hydrogens is 202 g/mol. The van der Waals surface area contributed by atoms with E-state index in [0.717, 1.165) is 37.4 Å². The Kier molecular flexibility index (Phi) is 2.11. The van der Waals surface area contributed by atoms with Crippen molar-refractivity contribution in [3.05, 3.63) is 23.8 Å². The average Bonchev–Trinajstić information content (AvgIpc) is 3.07. The standard InChI is InChI=1S/C13H17NO2/c1-15-9-2-3-10-11(13(14)5-6-13)4-7-16-12(10)8-9/h2-3,8,11H,4-7,14H2,1H3. The molecule has 86 valence electrons. The monoisotopic (exact) mass is 219 g/mol. The zero-order chi connectivity index (χ0) is 11.2. The lowest BCUT2D eigenvalue weighted by Crippen LogP contribution is -2.34. The first-order valence-corrected chi connectivity index (χ1v) is 5.82. The molecule has 1 aromatic carbocycles. The molecule has 1 heterocycles. The van der Waals surface area contributed by atoms with Crippen molar-refractivity contribution in [1.82, 2.24) is 0 Å². The number of nitrogens with two attached hydrogens (primary N) is 1. The molecule has 1 fully saturated rings. The number of rotatable bonds is 2. The van der Waals surface area contributed by atoms with Gasteiger partial charge in [-0.25, -0.2) is 0 Å². The van der Waals surface area contributed by atoms with Gasteiger partial charge >= 0.3 is 0 Å². The zero-order valence-electron chi connectivity index (χ0n) is 9.53. The third-order valence-electron chi connectivity index (χ3n) is 3.78. The van der Waals surface area contributed by atoms with E-state index < -0.39 is 0 Å². The van der Waals surface area contributed by atoms with Crippen molar-refractivity contribution in [2.45, 2.75) is 30.7 Å². The number of hydrogen-bond donors (Lipinski definition) is 1. The molecule has 1 aromatic rings. The summed E-state index contributed by atoms with van der Waals surface area (Å²) in [4.78, 5) is 0. The summed E-state index contributed by atoms with van der Waals surface area (Å²) in [6.45, 7) is 0.768. The first kappa shape index (κ1) is 9.97. The molecule has 2 aliphatic rings. The molecule has 2 N–H and O–H groups in total. The number of fused-ring (bicyclic) bond motifs is 1. The van der Waals surface area contributed by atoms with Gasteiger partial charge in [-0.1, -0.05) is 6.07 Å². The first-order chi connectivity index (χ1) is 7.73. The summed E-state index contributed by atoms with van der Waals surface area (Å²) in [5.41, 5.74) is 7.61. The minimum absolute atomic E-state index is 0.0348. The maximum Gasteiger partial charge on any atom is 0.126 e. The molecule has 0 aromatic heterocycles. The van der Waals surface area contributed by atoms with Gasteiger partial charge in [0.1, 0.15) is 11.5 Å². The summed E-state index contributed by atoms with van der Waals surface area (Å²) in [6, 6.07) is 6.06. The van der Waals surface area contributed by atoms with Gasteiger partial charge in [0.15, 0.2) is 0 Å². The maximum atomic E-state index is 6.32. The van der Waals surface area contributed by atoms with Crippen molar-refractivity contribution < 1.29 is 9.47 Å². The Morgan fingerprint density at radius 1 is 1.44 bits per heavy atom. The normalized spacial score (nSPS) is 25.5. The lowest BCUT2D eigenvalue weighted by Gasteiger charge is -2.30. The van der Waals surface area contributed by atoms with Gasteiger partial charge in [0, 0.05) is 17.5 Å². The Morgan fingerprint density at radius 2 is 2.25 bits per heavy atom. The second kappa shape index (κ2) is 3.39. The molecule has 3 nitrogen and oxygen atoms in total. The highest BCUT2D eigenvalue weighted by molar-refractivity contribution is 5.46. The molecule has 0 saturated heterocycles. The molecule has 0 radical (unpaired) electrons. The van der Waals surface area contributed by atoms with Crippen LogP contribution in [0.3, 0.4) is 0 Å². The van der Waals surface area contributed by atoms with Crippen LogP contribution in [0, 0.1) is 0 Å². The number of benzene rings is 1. The van der Waals surface area contributed by atoms with Crippen molar-refractivity contribution in [2.24, 2.45) is 5.73 Å². The third-order valence-corrected chi connectivity index (χ3v) is 3.78. The van der Waals surface area contributed by atoms with Gasteiger partial charge in [-0.2, -0.15) is 0 Å². The van der Waals surface area contributed by atoms with E-state index in [2.05, 4.69) is 6.07 Å².